The highest BCUT2D eigenvalue weighted by atomic mass is 14.9. The summed E-state index contributed by atoms with van der Waals surface area (Å²) in [5.74, 6) is 0.604. The highest BCUT2D eigenvalue weighted by Crippen LogP contribution is 2.28. The van der Waals surface area contributed by atoms with Crippen LogP contribution in [0.15, 0.2) is 36.5 Å². The molecule has 17 heavy (non-hydrogen) atoms. The lowest BCUT2D eigenvalue weighted by atomic mass is 9.91. The van der Waals surface area contributed by atoms with Gasteiger partial charge >= 0.3 is 0 Å². The zero-order valence-corrected chi connectivity index (χ0v) is 10.8. The second-order valence-corrected chi connectivity index (χ2v) is 4.57. The summed E-state index contributed by atoms with van der Waals surface area (Å²) in [5, 5.41) is 4.64. The lowest BCUT2D eigenvalue weighted by Crippen LogP contribution is -2.23. The largest absolute Gasteiger partial charge is 0.313 e. The summed E-state index contributed by atoms with van der Waals surface area (Å²) >= 11 is 0. The van der Waals surface area contributed by atoms with Gasteiger partial charge in [-0.05, 0) is 24.6 Å². The molecular formula is C15H20N2. The van der Waals surface area contributed by atoms with Gasteiger partial charge in [-0.15, -0.1) is 0 Å². The number of aromatic nitrogens is 1. The Hall–Kier alpha value is -1.41. The van der Waals surface area contributed by atoms with Crippen molar-refractivity contribution in [2.24, 2.45) is 5.92 Å². The van der Waals surface area contributed by atoms with Gasteiger partial charge in [-0.25, -0.2) is 0 Å². The molecule has 1 heterocycles. The zero-order valence-electron chi connectivity index (χ0n) is 10.8. The molecule has 1 N–H and O–H groups in total. The molecule has 1 aromatic heterocycles. The lowest BCUT2D eigenvalue weighted by Gasteiger charge is -2.23. The van der Waals surface area contributed by atoms with Gasteiger partial charge in [0.05, 0.1) is 5.52 Å². The van der Waals surface area contributed by atoms with Crippen molar-refractivity contribution in [3.05, 3.63) is 42.1 Å². The summed E-state index contributed by atoms with van der Waals surface area (Å²) in [6.07, 6.45) is 3.03. The van der Waals surface area contributed by atoms with Crippen LogP contribution in [-0.2, 0) is 0 Å². The van der Waals surface area contributed by atoms with Gasteiger partial charge in [-0.1, -0.05) is 44.5 Å². The first kappa shape index (κ1) is 12.1. The van der Waals surface area contributed by atoms with Crippen LogP contribution in [-0.4, -0.2) is 12.0 Å². The molecule has 0 spiro atoms. The number of rotatable bonds is 4. The van der Waals surface area contributed by atoms with E-state index in [9.17, 15) is 0 Å². The molecule has 2 rings (SSSR count). The van der Waals surface area contributed by atoms with Crippen molar-refractivity contribution < 1.29 is 0 Å². The zero-order chi connectivity index (χ0) is 12.3. The third-order valence-electron chi connectivity index (χ3n) is 3.52. The van der Waals surface area contributed by atoms with E-state index in [0.29, 0.717) is 12.0 Å². The highest BCUT2D eigenvalue weighted by molar-refractivity contribution is 5.82. The topological polar surface area (TPSA) is 24.9 Å². The van der Waals surface area contributed by atoms with Gasteiger partial charge in [0, 0.05) is 17.6 Å². The quantitative estimate of drug-likeness (QED) is 0.865. The van der Waals surface area contributed by atoms with E-state index in [2.05, 4.69) is 48.4 Å². The molecule has 2 heteroatoms. The van der Waals surface area contributed by atoms with Crippen LogP contribution in [0.1, 0.15) is 31.9 Å². The maximum absolute atomic E-state index is 4.53. The van der Waals surface area contributed by atoms with Crippen LogP contribution < -0.4 is 5.32 Å². The standard InChI is InChI=1S/C15H20N2/c1-4-11(2)14(16-3)13-9-5-7-12-8-6-10-17-15(12)13/h5-11,14,16H,4H2,1-3H3. The molecule has 0 fully saturated rings. The van der Waals surface area contributed by atoms with E-state index in [4.69, 9.17) is 0 Å². The molecule has 0 bridgehead atoms. The maximum atomic E-state index is 4.53. The molecule has 0 aliphatic carbocycles. The van der Waals surface area contributed by atoms with Gasteiger partial charge in [0.2, 0.25) is 0 Å². The number of fused-ring (bicyclic) bond motifs is 1. The van der Waals surface area contributed by atoms with E-state index in [0.717, 1.165) is 11.9 Å². The smallest absolute Gasteiger partial charge is 0.0749 e. The first-order chi connectivity index (χ1) is 8.27. The van der Waals surface area contributed by atoms with Crippen molar-refractivity contribution in [3.63, 3.8) is 0 Å². The van der Waals surface area contributed by atoms with Crippen LogP contribution in [0.4, 0.5) is 0 Å². The minimum Gasteiger partial charge on any atom is -0.313 e. The van der Waals surface area contributed by atoms with Gasteiger partial charge < -0.3 is 5.32 Å². The number of nitrogens with one attached hydrogen (secondary N) is 1. The van der Waals surface area contributed by atoms with Crippen molar-refractivity contribution in [3.8, 4) is 0 Å². The monoisotopic (exact) mass is 228 g/mol. The third kappa shape index (κ3) is 2.32. The minimum absolute atomic E-state index is 0.374. The first-order valence-corrected chi connectivity index (χ1v) is 6.28. The molecule has 90 valence electrons. The summed E-state index contributed by atoms with van der Waals surface area (Å²) in [4.78, 5) is 4.53. The second kappa shape index (κ2) is 5.28. The summed E-state index contributed by atoms with van der Waals surface area (Å²) in [6, 6.07) is 10.9. The van der Waals surface area contributed by atoms with Crippen LogP contribution in [0.25, 0.3) is 10.9 Å². The Bertz CT molecular complexity index is 488. The molecule has 0 radical (unpaired) electrons. The Labute approximate surface area is 103 Å². The number of nitrogens with zero attached hydrogens (tertiary/aromatic N) is 1. The summed E-state index contributed by atoms with van der Waals surface area (Å²) in [5.41, 5.74) is 2.43. The Morgan fingerprint density at radius 2 is 2.00 bits per heavy atom. The number of pyridine rings is 1. The Balaban J connectivity index is 2.53. The molecule has 0 saturated heterocycles. The van der Waals surface area contributed by atoms with Gasteiger partial charge in [0.1, 0.15) is 0 Å². The molecule has 2 atom stereocenters. The van der Waals surface area contributed by atoms with Crippen molar-refractivity contribution in [2.75, 3.05) is 7.05 Å². The molecule has 0 aliphatic heterocycles. The second-order valence-electron chi connectivity index (χ2n) is 4.57. The fourth-order valence-corrected chi connectivity index (χ4v) is 2.36. The van der Waals surface area contributed by atoms with Crippen LogP contribution >= 0.6 is 0 Å². The van der Waals surface area contributed by atoms with E-state index < -0.39 is 0 Å². The highest BCUT2D eigenvalue weighted by Gasteiger charge is 2.18. The predicted octanol–water partition coefficient (Wildman–Crippen LogP) is 3.54. The lowest BCUT2D eigenvalue weighted by molar-refractivity contribution is 0.402. The fourth-order valence-electron chi connectivity index (χ4n) is 2.36. The first-order valence-electron chi connectivity index (χ1n) is 6.28. The summed E-state index contributed by atoms with van der Waals surface area (Å²) < 4.78 is 0. The normalized spacial score (nSPS) is 14.8. The van der Waals surface area contributed by atoms with Crippen LogP contribution in [0.3, 0.4) is 0 Å². The van der Waals surface area contributed by atoms with Crippen LogP contribution in [0, 0.1) is 5.92 Å². The van der Waals surface area contributed by atoms with Crippen molar-refractivity contribution in [1.29, 1.82) is 0 Å². The van der Waals surface area contributed by atoms with E-state index in [1.165, 1.54) is 10.9 Å². The SMILES string of the molecule is CCC(C)C(NC)c1cccc2cccnc12. The molecule has 2 unspecified atom stereocenters. The average molecular weight is 228 g/mol. The van der Waals surface area contributed by atoms with Crippen molar-refractivity contribution in [1.82, 2.24) is 10.3 Å². The number of hydrogen-bond donors (Lipinski definition) is 1. The van der Waals surface area contributed by atoms with Gasteiger partial charge in [0.25, 0.3) is 0 Å². The molecule has 1 aromatic carbocycles. The van der Waals surface area contributed by atoms with Crippen LogP contribution in [0.5, 0.6) is 0 Å². The van der Waals surface area contributed by atoms with E-state index in [1.807, 2.05) is 19.3 Å². The molecule has 0 saturated carbocycles. The average Bonchev–Trinajstić information content (AvgIpc) is 2.39. The van der Waals surface area contributed by atoms with Crippen molar-refractivity contribution >= 4 is 10.9 Å². The summed E-state index contributed by atoms with van der Waals surface area (Å²) in [7, 11) is 2.03. The summed E-state index contributed by atoms with van der Waals surface area (Å²) in [6.45, 7) is 4.51. The Morgan fingerprint density at radius 3 is 2.71 bits per heavy atom. The molecular weight excluding hydrogens is 208 g/mol. The van der Waals surface area contributed by atoms with Crippen LogP contribution in [0.2, 0.25) is 0 Å². The molecule has 2 aromatic rings. The van der Waals surface area contributed by atoms with E-state index in [1.54, 1.807) is 0 Å². The number of hydrogen-bond acceptors (Lipinski definition) is 2. The molecule has 0 amide bonds. The van der Waals surface area contributed by atoms with Gasteiger partial charge in [0.15, 0.2) is 0 Å². The fraction of sp³-hybridized carbons (Fsp3) is 0.400. The number of benzene rings is 1. The Morgan fingerprint density at radius 1 is 1.24 bits per heavy atom. The van der Waals surface area contributed by atoms with Gasteiger partial charge in [-0.2, -0.15) is 0 Å². The van der Waals surface area contributed by atoms with E-state index >= 15 is 0 Å². The minimum atomic E-state index is 0.374. The third-order valence-corrected chi connectivity index (χ3v) is 3.52. The Kier molecular flexibility index (Phi) is 3.75. The number of para-hydroxylation sites is 1. The molecule has 0 aliphatic rings. The molecule has 2 nitrogen and oxygen atoms in total. The van der Waals surface area contributed by atoms with E-state index in [-0.39, 0.29) is 0 Å². The predicted molar refractivity (Wildman–Crippen MR) is 73.0 cm³/mol. The maximum Gasteiger partial charge on any atom is 0.0749 e. The van der Waals surface area contributed by atoms with Crippen molar-refractivity contribution in [2.45, 2.75) is 26.3 Å². The van der Waals surface area contributed by atoms with Gasteiger partial charge in [-0.3, -0.25) is 4.98 Å².